The second-order valence-corrected chi connectivity index (χ2v) is 5.19. The van der Waals surface area contributed by atoms with E-state index in [-0.39, 0.29) is 0 Å². The third-order valence-corrected chi connectivity index (χ3v) is 3.53. The molecule has 0 bridgehead atoms. The molecule has 0 saturated carbocycles. The highest BCUT2D eigenvalue weighted by atomic mass is 35.5. The first-order valence-corrected chi connectivity index (χ1v) is 6.80. The molecule has 1 aromatic carbocycles. The summed E-state index contributed by atoms with van der Waals surface area (Å²) in [5.74, 6) is 1.18. The van der Waals surface area contributed by atoms with Gasteiger partial charge in [0.2, 0.25) is 11.9 Å². The summed E-state index contributed by atoms with van der Waals surface area (Å²) in [7, 11) is 0. The zero-order chi connectivity index (χ0) is 13.2. The molecule has 1 aromatic heterocycles. The molecule has 0 spiro atoms. The minimum atomic E-state index is 0.446. The largest absolute Gasteiger partial charge is 0.368 e. The van der Waals surface area contributed by atoms with Crippen LogP contribution in [-0.4, -0.2) is 27.9 Å². The minimum absolute atomic E-state index is 0.446. The summed E-state index contributed by atoms with van der Waals surface area (Å²) < 4.78 is 1.72. The zero-order valence-corrected chi connectivity index (χ0v) is 11.3. The molecule has 0 radical (unpaired) electrons. The number of halogens is 1. The van der Waals surface area contributed by atoms with Gasteiger partial charge in [-0.3, -0.25) is 0 Å². The first-order chi connectivity index (χ1) is 9.22. The van der Waals surface area contributed by atoms with E-state index in [1.54, 1.807) is 4.68 Å². The van der Waals surface area contributed by atoms with Gasteiger partial charge in [0.05, 0.1) is 6.54 Å². The van der Waals surface area contributed by atoms with E-state index in [9.17, 15) is 0 Å². The smallest absolute Gasteiger partial charge is 0.246 e. The van der Waals surface area contributed by atoms with E-state index in [2.05, 4.69) is 15.0 Å². The van der Waals surface area contributed by atoms with Crippen molar-refractivity contribution in [3.63, 3.8) is 0 Å². The first kappa shape index (κ1) is 12.3. The van der Waals surface area contributed by atoms with Gasteiger partial charge in [-0.2, -0.15) is 4.98 Å². The molecule has 0 amide bonds. The van der Waals surface area contributed by atoms with Crippen LogP contribution in [0.15, 0.2) is 24.3 Å². The van der Waals surface area contributed by atoms with E-state index in [0.29, 0.717) is 12.5 Å². The Bertz CT molecular complexity index is 574. The van der Waals surface area contributed by atoms with Crippen molar-refractivity contribution in [1.82, 2.24) is 14.8 Å². The highest BCUT2D eigenvalue weighted by Gasteiger charge is 2.18. The maximum Gasteiger partial charge on any atom is 0.246 e. The average molecular weight is 278 g/mol. The number of nitrogens with two attached hydrogens (primary N) is 1. The molecule has 0 atom stereocenters. The second-order valence-electron chi connectivity index (χ2n) is 4.75. The Kier molecular flexibility index (Phi) is 3.29. The molecule has 1 aliphatic heterocycles. The van der Waals surface area contributed by atoms with Crippen molar-refractivity contribution >= 4 is 23.5 Å². The fraction of sp³-hybridized carbons (Fsp3) is 0.385. The molecule has 0 aliphatic carbocycles. The molecular weight excluding hydrogens is 262 g/mol. The molecular formula is C13H16ClN5. The Balaban J connectivity index is 1.81. The van der Waals surface area contributed by atoms with Gasteiger partial charge in [-0.05, 0) is 30.5 Å². The van der Waals surface area contributed by atoms with Gasteiger partial charge in [0.15, 0.2) is 0 Å². The van der Waals surface area contributed by atoms with Gasteiger partial charge in [0.25, 0.3) is 0 Å². The lowest BCUT2D eigenvalue weighted by Crippen LogP contribution is -2.19. The van der Waals surface area contributed by atoms with Gasteiger partial charge in [-0.25, -0.2) is 4.68 Å². The fourth-order valence-corrected chi connectivity index (χ4v) is 2.53. The van der Waals surface area contributed by atoms with Crippen LogP contribution in [0.3, 0.4) is 0 Å². The van der Waals surface area contributed by atoms with Crippen LogP contribution in [0.25, 0.3) is 0 Å². The lowest BCUT2D eigenvalue weighted by Gasteiger charge is -2.10. The van der Waals surface area contributed by atoms with Crippen LogP contribution in [0.2, 0.25) is 5.02 Å². The predicted octanol–water partition coefficient (Wildman–Crippen LogP) is 2.16. The third kappa shape index (κ3) is 2.66. The summed E-state index contributed by atoms with van der Waals surface area (Å²) in [6.07, 6.45) is 2.39. The van der Waals surface area contributed by atoms with E-state index in [4.69, 9.17) is 17.3 Å². The summed E-state index contributed by atoms with van der Waals surface area (Å²) in [5, 5.41) is 5.20. The highest BCUT2D eigenvalue weighted by Crippen LogP contribution is 2.18. The van der Waals surface area contributed by atoms with Gasteiger partial charge in [-0.1, -0.05) is 23.7 Å². The van der Waals surface area contributed by atoms with Gasteiger partial charge in [-0.15, -0.1) is 5.10 Å². The Labute approximate surface area is 117 Å². The number of nitrogens with zero attached hydrogens (tertiary/aromatic N) is 4. The monoisotopic (exact) mass is 277 g/mol. The second kappa shape index (κ2) is 5.09. The minimum Gasteiger partial charge on any atom is -0.368 e. The molecule has 5 nitrogen and oxygen atoms in total. The lowest BCUT2D eigenvalue weighted by atomic mass is 10.2. The number of rotatable bonds is 3. The fourth-order valence-electron chi connectivity index (χ4n) is 2.32. The molecule has 19 heavy (non-hydrogen) atoms. The van der Waals surface area contributed by atoms with E-state index in [0.717, 1.165) is 29.6 Å². The molecule has 2 heterocycles. The van der Waals surface area contributed by atoms with Crippen LogP contribution >= 0.6 is 11.6 Å². The van der Waals surface area contributed by atoms with Crippen molar-refractivity contribution in [2.45, 2.75) is 19.4 Å². The number of aromatic nitrogens is 3. The van der Waals surface area contributed by atoms with E-state index in [1.807, 2.05) is 24.3 Å². The highest BCUT2D eigenvalue weighted by molar-refractivity contribution is 6.30. The lowest BCUT2D eigenvalue weighted by molar-refractivity contribution is 0.691. The Morgan fingerprint density at radius 2 is 2.05 bits per heavy atom. The molecule has 1 fully saturated rings. The maximum atomic E-state index is 5.97. The Morgan fingerprint density at radius 3 is 2.79 bits per heavy atom. The number of hydrogen-bond acceptors (Lipinski definition) is 4. The number of anilines is 2. The molecule has 1 saturated heterocycles. The van der Waals surface area contributed by atoms with Crippen LogP contribution < -0.4 is 10.6 Å². The molecule has 0 unspecified atom stereocenters. The van der Waals surface area contributed by atoms with Crippen molar-refractivity contribution in [3.05, 3.63) is 34.9 Å². The maximum absolute atomic E-state index is 5.97. The first-order valence-electron chi connectivity index (χ1n) is 6.42. The summed E-state index contributed by atoms with van der Waals surface area (Å²) in [6.45, 7) is 2.62. The van der Waals surface area contributed by atoms with Crippen LogP contribution in [0.5, 0.6) is 0 Å². The zero-order valence-electron chi connectivity index (χ0n) is 10.6. The van der Waals surface area contributed by atoms with Crippen molar-refractivity contribution in [2.75, 3.05) is 23.7 Å². The SMILES string of the molecule is Nc1nc(N2CCCC2)nn1Cc1cccc(Cl)c1. The quantitative estimate of drug-likeness (QED) is 0.934. The van der Waals surface area contributed by atoms with Gasteiger partial charge >= 0.3 is 0 Å². The molecule has 3 rings (SSSR count). The summed E-state index contributed by atoms with van der Waals surface area (Å²) >= 11 is 5.97. The van der Waals surface area contributed by atoms with Crippen LogP contribution in [0.4, 0.5) is 11.9 Å². The third-order valence-electron chi connectivity index (χ3n) is 3.30. The molecule has 2 N–H and O–H groups in total. The topological polar surface area (TPSA) is 60.0 Å². The van der Waals surface area contributed by atoms with Crippen LogP contribution in [-0.2, 0) is 6.54 Å². The molecule has 1 aliphatic rings. The van der Waals surface area contributed by atoms with Crippen molar-refractivity contribution in [2.24, 2.45) is 0 Å². The number of nitrogen functional groups attached to an aromatic ring is 1. The van der Waals surface area contributed by atoms with E-state index < -0.39 is 0 Å². The summed E-state index contributed by atoms with van der Waals surface area (Å²) in [5.41, 5.74) is 6.99. The average Bonchev–Trinajstić information content (AvgIpc) is 3.00. The van der Waals surface area contributed by atoms with Gasteiger partial charge in [0, 0.05) is 18.1 Å². The normalized spacial score (nSPS) is 15.1. The number of hydrogen-bond donors (Lipinski definition) is 1. The summed E-state index contributed by atoms with van der Waals surface area (Å²) in [6, 6.07) is 7.69. The summed E-state index contributed by atoms with van der Waals surface area (Å²) in [4.78, 5) is 6.51. The Hall–Kier alpha value is -1.75. The van der Waals surface area contributed by atoms with Crippen molar-refractivity contribution in [1.29, 1.82) is 0 Å². The predicted molar refractivity (Wildman–Crippen MR) is 76.4 cm³/mol. The van der Waals surface area contributed by atoms with E-state index >= 15 is 0 Å². The van der Waals surface area contributed by atoms with Crippen molar-refractivity contribution in [3.8, 4) is 0 Å². The van der Waals surface area contributed by atoms with Crippen LogP contribution in [0.1, 0.15) is 18.4 Å². The molecule has 6 heteroatoms. The van der Waals surface area contributed by atoms with Crippen LogP contribution in [0, 0.1) is 0 Å². The Morgan fingerprint density at radius 1 is 1.26 bits per heavy atom. The standard InChI is InChI=1S/C13H16ClN5/c14-11-5-3-4-10(8-11)9-19-12(15)16-13(17-19)18-6-1-2-7-18/h3-5,8H,1-2,6-7,9H2,(H2,15,16,17). The van der Waals surface area contributed by atoms with E-state index in [1.165, 1.54) is 12.8 Å². The van der Waals surface area contributed by atoms with Gasteiger partial charge < -0.3 is 10.6 Å². The van der Waals surface area contributed by atoms with Crippen molar-refractivity contribution < 1.29 is 0 Å². The van der Waals surface area contributed by atoms with Gasteiger partial charge in [0.1, 0.15) is 0 Å². The molecule has 2 aromatic rings. The molecule has 100 valence electrons. The number of benzene rings is 1.